The molecule has 1 aliphatic rings. The summed E-state index contributed by atoms with van der Waals surface area (Å²) in [5.74, 6) is 0.326. The minimum atomic E-state index is -0.371. The standard InChI is InChI=1S/C24H26BrN3O2/c1-14-8-20-19(15(2)12-24(3,4)28(20)5)10-17(14)13-26-27-23(29)22-11-16-9-18(25)6-7-21(16)30-22/h6-11,13,15H,12H2,1-5H3,(H,27,29)/b26-13+. The molecule has 30 heavy (non-hydrogen) atoms. The van der Waals surface area contributed by atoms with Gasteiger partial charge in [-0.05, 0) is 86.2 Å². The third kappa shape index (κ3) is 3.76. The van der Waals surface area contributed by atoms with Gasteiger partial charge in [0.25, 0.3) is 0 Å². The first-order valence-corrected chi connectivity index (χ1v) is 10.9. The Bertz CT molecular complexity index is 1160. The number of fused-ring (bicyclic) bond motifs is 2. The maximum Gasteiger partial charge on any atom is 0.307 e. The maximum atomic E-state index is 12.4. The minimum absolute atomic E-state index is 0.130. The molecule has 2 aromatic carbocycles. The van der Waals surface area contributed by atoms with Crippen LogP contribution in [-0.4, -0.2) is 24.7 Å². The van der Waals surface area contributed by atoms with E-state index in [2.05, 4.69) is 78.2 Å². The van der Waals surface area contributed by atoms with Gasteiger partial charge in [-0.25, -0.2) is 5.43 Å². The van der Waals surface area contributed by atoms with Gasteiger partial charge < -0.3 is 9.32 Å². The van der Waals surface area contributed by atoms with Gasteiger partial charge in [-0.3, -0.25) is 4.79 Å². The lowest BCUT2D eigenvalue weighted by Crippen LogP contribution is -2.45. The highest BCUT2D eigenvalue weighted by molar-refractivity contribution is 9.10. The number of nitrogens with one attached hydrogen (secondary N) is 1. The molecule has 1 aromatic heterocycles. The van der Waals surface area contributed by atoms with E-state index >= 15 is 0 Å². The van der Waals surface area contributed by atoms with E-state index in [0.29, 0.717) is 11.5 Å². The van der Waals surface area contributed by atoms with Crippen LogP contribution in [0.1, 0.15) is 60.4 Å². The molecular weight excluding hydrogens is 442 g/mol. The highest BCUT2D eigenvalue weighted by atomic mass is 79.9. The van der Waals surface area contributed by atoms with Gasteiger partial charge in [0.2, 0.25) is 0 Å². The molecule has 1 amide bonds. The minimum Gasteiger partial charge on any atom is -0.451 e. The number of halogens is 1. The first-order chi connectivity index (χ1) is 14.2. The van der Waals surface area contributed by atoms with E-state index in [1.807, 2.05) is 18.2 Å². The maximum absolute atomic E-state index is 12.4. The molecule has 0 spiro atoms. The van der Waals surface area contributed by atoms with E-state index in [-0.39, 0.29) is 17.2 Å². The Morgan fingerprint density at radius 2 is 2.07 bits per heavy atom. The van der Waals surface area contributed by atoms with E-state index < -0.39 is 0 Å². The van der Waals surface area contributed by atoms with Crippen molar-refractivity contribution in [2.45, 2.75) is 45.6 Å². The van der Waals surface area contributed by atoms with Crippen LogP contribution in [0.25, 0.3) is 11.0 Å². The molecule has 1 N–H and O–H groups in total. The number of anilines is 1. The van der Waals surface area contributed by atoms with Gasteiger partial charge >= 0.3 is 5.91 Å². The molecule has 0 aliphatic carbocycles. The summed E-state index contributed by atoms with van der Waals surface area (Å²) >= 11 is 3.42. The van der Waals surface area contributed by atoms with E-state index in [1.165, 1.54) is 11.3 Å². The van der Waals surface area contributed by atoms with Crippen molar-refractivity contribution in [3.63, 3.8) is 0 Å². The Morgan fingerprint density at radius 1 is 1.30 bits per heavy atom. The fourth-order valence-electron chi connectivity index (χ4n) is 4.22. The third-order valence-electron chi connectivity index (χ3n) is 6.09. The zero-order chi connectivity index (χ0) is 21.6. The molecule has 156 valence electrons. The molecule has 1 unspecified atom stereocenters. The molecule has 0 saturated heterocycles. The number of hydrogen-bond acceptors (Lipinski definition) is 4. The number of nitrogens with zero attached hydrogens (tertiary/aromatic N) is 2. The van der Waals surface area contributed by atoms with Crippen LogP contribution in [0.2, 0.25) is 0 Å². The quantitative estimate of drug-likeness (QED) is 0.380. The van der Waals surface area contributed by atoms with E-state index in [0.717, 1.165) is 27.4 Å². The Kier molecular flexibility index (Phi) is 5.22. The first kappa shape index (κ1) is 20.7. The Balaban J connectivity index is 1.54. The van der Waals surface area contributed by atoms with E-state index in [4.69, 9.17) is 4.42 Å². The molecular formula is C24H26BrN3O2. The summed E-state index contributed by atoms with van der Waals surface area (Å²) in [4.78, 5) is 14.8. The van der Waals surface area contributed by atoms with Crippen LogP contribution in [0.5, 0.6) is 0 Å². The topological polar surface area (TPSA) is 57.8 Å². The number of aryl methyl sites for hydroxylation is 1. The average molecular weight is 468 g/mol. The van der Waals surface area contributed by atoms with Crippen LogP contribution in [0, 0.1) is 6.92 Å². The normalized spacial score (nSPS) is 18.1. The average Bonchev–Trinajstić information content (AvgIpc) is 3.10. The number of benzene rings is 2. The molecule has 6 heteroatoms. The Labute approximate surface area is 185 Å². The summed E-state index contributed by atoms with van der Waals surface area (Å²) in [7, 11) is 2.16. The van der Waals surface area contributed by atoms with Crippen molar-refractivity contribution < 1.29 is 9.21 Å². The molecule has 0 fully saturated rings. The zero-order valence-electron chi connectivity index (χ0n) is 17.9. The summed E-state index contributed by atoms with van der Waals surface area (Å²) in [6.45, 7) is 8.90. The lowest BCUT2D eigenvalue weighted by molar-refractivity contribution is 0.0929. The number of carbonyl (C=O) groups is 1. The molecule has 1 atom stereocenters. The fourth-order valence-corrected chi connectivity index (χ4v) is 4.59. The van der Waals surface area contributed by atoms with E-state index in [1.54, 1.807) is 12.3 Å². The van der Waals surface area contributed by atoms with Crippen molar-refractivity contribution >= 4 is 44.7 Å². The van der Waals surface area contributed by atoms with Crippen LogP contribution in [0.3, 0.4) is 0 Å². The summed E-state index contributed by atoms with van der Waals surface area (Å²) in [5.41, 5.74) is 8.08. The fraction of sp³-hybridized carbons (Fsp3) is 0.333. The monoisotopic (exact) mass is 467 g/mol. The Morgan fingerprint density at radius 3 is 2.83 bits per heavy atom. The number of furan rings is 1. The van der Waals surface area contributed by atoms with Crippen LogP contribution >= 0.6 is 15.9 Å². The smallest absolute Gasteiger partial charge is 0.307 e. The third-order valence-corrected chi connectivity index (χ3v) is 6.59. The second kappa shape index (κ2) is 7.58. The number of amides is 1. The lowest BCUT2D eigenvalue weighted by atomic mass is 9.79. The molecule has 0 bridgehead atoms. The van der Waals surface area contributed by atoms with Crippen molar-refractivity contribution in [3.05, 3.63) is 63.3 Å². The van der Waals surface area contributed by atoms with Crippen LogP contribution in [-0.2, 0) is 0 Å². The molecule has 2 heterocycles. The highest BCUT2D eigenvalue weighted by Gasteiger charge is 2.34. The summed E-state index contributed by atoms with van der Waals surface area (Å²) in [6.07, 6.45) is 2.80. The van der Waals surface area contributed by atoms with Gasteiger partial charge in [0, 0.05) is 28.1 Å². The van der Waals surface area contributed by atoms with Crippen molar-refractivity contribution in [2.24, 2.45) is 5.10 Å². The SMILES string of the molecule is Cc1cc2c(cc1/C=N/NC(=O)c1cc3cc(Br)ccc3o1)C(C)CC(C)(C)N2C. The van der Waals surface area contributed by atoms with Gasteiger partial charge in [0.05, 0.1) is 6.21 Å². The second-order valence-corrected chi connectivity index (χ2v) is 9.65. The Hall–Kier alpha value is -2.60. The first-order valence-electron chi connectivity index (χ1n) is 10.1. The number of rotatable bonds is 3. The van der Waals surface area contributed by atoms with Crippen LogP contribution in [0.15, 0.2) is 50.4 Å². The molecule has 0 radical (unpaired) electrons. The predicted molar refractivity (Wildman–Crippen MR) is 126 cm³/mol. The van der Waals surface area contributed by atoms with Crippen molar-refractivity contribution in [1.29, 1.82) is 0 Å². The van der Waals surface area contributed by atoms with Crippen molar-refractivity contribution in [3.8, 4) is 0 Å². The van der Waals surface area contributed by atoms with Crippen LogP contribution < -0.4 is 10.3 Å². The number of carbonyl (C=O) groups excluding carboxylic acids is 1. The highest BCUT2D eigenvalue weighted by Crippen LogP contribution is 2.43. The van der Waals surface area contributed by atoms with Gasteiger partial charge in [0.1, 0.15) is 5.58 Å². The zero-order valence-corrected chi connectivity index (χ0v) is 19.5. The van der Waals surface area contributed by atoms with Gasteiger partial charge in [-0.1, -0.05) is 22.9 Å². The molecule has 3 aromatic rings. The summed E-state index contributed by atoms with van der Waals surface area (Å²) in [5, 5.41) is 5.05. The van der Waals surface area contributed by atoms with Crippen LogP contribution in [0.4, 0.5) is 5.69 Å². The lowest BCUT2D eigenvalue weighted by Gasteiger charge is -2.45. The second-order valence-electron chi connectivity index (χ2n) is 8.74. The molecule has 0 saturated carbocycles. The summed E-state index contributed by atoms with van der Waals surface area (Å²) < 4.78 is 6.56. The largest absolute Gasteiger partial charge is 0.451 e. The van der Waals surface area contributed by atoms with Gasteiger partial charge in [-0.2, -0.15) is 5.10 Å². The van der Waals surface area contributed by atoms with Gasteiger partial charge in [0.15, 0.2) is 5.76 Å². The van der Waals surface area contributed by atoms with Crippen molar-refractivity contribution in [1.82, 2.24) is 5.43 Å². The van der Waals surface area contributed by atoms with Crippen molar-refractivity contribution in [2.75, 3.05) is 11.9 Å². The van der Waals surface area contributed by atoms with E-state index in [9.17, 15) is 4.79 Å². The summed E-state index contributed by atoms with van der Waals surface area (Å²) in [6, 6.07) is 11.7. The molecule has 4 rings (SSSR count). The predicted octanol–water partition coefficient (Wildman–Crippen LogP) is 5.99. The molecule has 1 aliphatic heterocycles. The number of hydrazone groups is 1. The number of hydrogen-bond donors (Lipinski definition) is 1. The molecule has 5 nitrogen and oxygen atoms in total. The van der Waals surface area contributed by atoms with Gasteiger partial charge in [-0.15, -0.1) is 0 Å².